The van der Waals surface area contributed by atoms with Crippen LogP contribution in [-0.2, 0) is 7.05 Å². The second-order valence-corrected chi connectivity index (χ2v) is 7.30. The lowest BCUT2D eigenvalue weighted by atomic mass is 9.99. The Hall–Kier alpha value is -2.83. The van der Waals surface area contributed by atoms with E-state index in [1.165, 1.54) is 4.57 Å². The molecule has 0 unspecified atom stereocenters. The maximum Gasteiger partial charge on any atom is 0.259 e. The molecule has 156 valence electrons. The van der Waals surface area contributed by atoms with Crippen LogP contribution in [0.2, 0.25) is 0 Å². The van der Waals surface area contributed by atoms with E-state index >= 15 is 0 Å². The van der Waals surface area contributed by atoms with Gasteiger partial charge >= 0.3 is 0 Å². The molecule has 6 nitrogen and oxygen atoms in total. The second kappa shape index (κ2) is 9.32. The summed E-state index contributed by atoms with van der Waals surface area (Å²) in [6.07, 6.45) is 4.92. The number of aryl methyl sites for hydroxylation is 1. The zero-order valence-corrected chi connectivity index (χ0v) is 18.4. The molecule has 0 atom stereocenters. The molecule has 2 heterocycles. The molecule has 0 saturated carbocycles. The quantitative estimate of drug-likeness (QED) is 0.508. The van der Waals surface area contributed by atoms with Gasteiger partial charge in [-0.15, -0.1) is 0 Å². The number of allylic oxidation sites excluding steroid dienone is 4. The predicted molar refractivity (Wildman–Crippen MR) is 123 cm³/mol. The van der Waals surface area contributed by atoms with Gasteiger partial charge in [-0.05, 0) is 43.2 Å². The van der Waals surface area contributed by atoms with Crippen LogP contribution in [0.5, 0.6) is 5.75 Å². The molecule has 0 amide bonds. The monoisotopic (exact) mass is 444 g/mol. The summed E-state index contributed by atoms with van der Waals surface area (Å²) in [7, 11) is 1.65. The lowest BCUT2D eigenvalue weighted by Gasteiger charge is -2.16. The van der Waals surface area contributed by atoms with E-state index in [4.69, 9.17) is 23.2 Å². The number of phenolic OH excluding ortho intramolecular Hbond substituents is 1. The number of hydrogen-bond donors (Lipinski definition) is 2. The summed E-state index contributed by atoms with van der Waals surface area (Å²) in [6, 6.07) is 8.25. The first-order valence-corrected chi connectivity index (χ1v) is 10.4. The van der Waals surface area contributed by atoms with Crippen LogP contribution in [0.3, 0.4) is 0 Å². The van der Waals surface area contributed by atoms with Gasteiger partial charge in [0.25, 0.3) is 5.56 Å². The molecule has 0 radical (unpaired) electrons. The number of hydrogen-bond acceptors (Lipinski definition) is 5. The third-order valence-corrected chi connectivity index (χ3v) is 5.26. The summed E-state index contributed by atoms with van der Waals surface area (Å²) >= 11 is 12.7. The standard InChI is InChI=1S/C20H16Cl2N4O2.C2H6/c1-26-18-11(9-14(19(26)28)17-15(21)3-2-4-16(17)22)10-23-20(25-18)24-12-5-7-13(27)8-6-12;1-2/h3,5-10,27H,2,4H2,1H3,(H,23,24,25);1-2H3. The van der Waals surface area contributed by atoms with Crippen molar-refractivity contribution in [3.05, 3.63) is 68.6 Å². The molecule has 30 heavy (non-hydrogen) atoms. The van der Waals surface area contributed by atoms with Crippen molar-refractivity contribution in [2.24, 2.45) is 7.05 Å². The van der Waals surface area contributed by atoms with Crippen LogP contribution in [0.1, 0.15) is 32.3 Å². The van der Waals surface area contributed by atoms with Crippen LogP contribution in [0, 0.1) is 0 Å². The van der Waals surface area contributed by atoms with Crippen molar-refractivity contribution in [1.82, 2.24) is 14.5 Å². The summed E-state index contributed by atoms with van der Waals surface area (Å²) in [5.41, 5.74) is 1.98. The van der Waals surface area contributed by atoms with E-state index in [1.807, 2.05) is 19.9 Å². The Balaban J connectivity index is 0.00000124. The molecule has 1 aromatic carbocycles. The number of pyridine rings is 1. The van der Waals surface area contributed by atoms with Crippen molar-refractivity contribution < 1.29 is 5.11 Å². The third-order valence-electron chi connectivity index (χ3n) is 4.54. The van der Waals surface area contributed by atoms with E-state index in [0.717, 1.165) is 12.1 Å². The highest BCUT2D eigenvalue weighted by Crippen LogP contribution is 2.36. The Morgan fingerprint density at radius 1 is 1.17 bits per heavy atom. The Kier molecular flexibility index (Phi) is 6.80. The van der Waals surface area contributed by atoms with Gasteiger partial charge in [0.15, 0.2) is 0 Å². The number of nitrogens with one attached hydrogen (secondary N) is 1. The van der Waals surface area contributed by atoms with Crippen molar-refractivity contribution in [2.45, 2.75) is 26.7 Å². The first kappa shape index (κ1) is 21.9. The molecule has 4 rings (SSSR count). The summed E-state index contributed by atoms with van der Waals surface area (Å²) in [6.45, 7) is 4.00. The summed E-state index contributed by atoms with van der Waals surface area (Å²) < 4.78 is 1.46. The maximum absolute atomic E-state index is 13.0. The predicted octanol–water partition coefficient (Wildman–Crippen LogP) is 5.67. The number of phenols is 1. The van der Waals surface area contributed by atoms with Crippen LogP contribution in [-0.4, -0.2) is 19.6 Å². The molecule has 2 N–H and O–H groups in total. The van der Waals surface area contributed by atoms with Crippen LogP contribution >= 0.6 is 23.2 Å². The first-order chi connectivity index (χ1) is 14.4. The van der Waals surface area contributed by atoms with Gasteiger partial charge in [0.2, 0.25) is 5.95 Å². The number of fused-ring (bicyclic) bond motifs is 1. The minimum Gasteiger partial charge on any atom is -0.508 e. The average molecular weight is 445 g/mol. The highest BCUT2D eigenvalue weighted by atomic mass is 35.5. The number of anilines is 2. The average Bonchev–Trinajstić information content (AvgIpc) is 2.75. The van der Waals surface area contributed by atoms with Gasteiger partial charge in [-0.2, -0.15) is 4.98 Å². The second-order valence-electron chi connectivity index (χ2n) is 6.44. The van der Waals surface area contributed by atoms with Crippen molar-refractivity contribution in [3.63, 3.8) is 0 Å². The molecule has 1 aliphatic rings. The number of nitrogens with zero attached hydrogens (tertiary/aromatic N) is 3. The fourth-order valence-corrected chi connectivity index (χ4v) is 3.80. The fraction of sp³-hybridized carbons (Fsp3) is 0.227. The largest absolute Gasteiger partial charge is 0.508 e. The molecular weight excluding hydrogens is 423 g/mol. The summed E-state index contributed by atoms with van der Waals surface area (Å²) in [4.78, 5) is 21.7. The smallest absolute Gasteiger partial charge is 0.259 e. The molecular formula is C22H22Cl2N4O2. The first-order valence-electron chi connectivity index (χ1n) is 9.62. The minimum atomic E-state index is -0.233. The van der Waals surface area contributed by atoms with E-state index in [2.05, 4.69) is 15.3 Å². The molecule has 1 aliphatic carbocycles. The molecule has 0 spiro atoms. The minimum absolute atomic E-state index is 0.170. The molecule has 8 heteroatoms. The lowest BCUT2D eigenvalue weighted by molar-refractivity contribution is 0.475. The van der Waals surface area contributed by atoms with Crippen LogP contribution in [0.4, 0.5) is 11.6 Å². The number of halogens is 2. The fourth-order valence-electron chi connectivity index (χ4n) is 3.12. The van der Waals surface area contributed by atoms with Crippen molar-refractivity contribution in [1.29, 1.82) is 0 Å². The van der Waals surface area contributed by atoms with E-state index in [0.29, 0.717) is 44.6 Å². The van der Waals surface area contributed by atoms with Gasteiger partial charge in [-0.1, -0.05) is 43.1 Å². The van der Waals surface area contributed by atoms with Gasteiger partial charge in [0, 0.05) is 40.0 Å². The zero-order valence-electron chi connectivity index (χ0n) is 16.9. The molecule has 3 aromatic rings. The van der Waals surface area contributed by atoms with Gasteiger partial charge < -0.3 is 10.4 Å². The molecule has 2 aromatic heterocycles. The topological polar surface area (TPSA) is 80.0 Å². The van der Waals surface area contributed by atoms with Gasteiger partial charge in [0.1, 0.15) is 11.4 Å². The Labute approximate surface area is 184 Å². The summed E-state index contributed by atoms with van der Waals surface area (Å²) in [5, 5.41) is 14.2. The Morgan fingerprint density at radius 2 is 1.87 bits per heavy atom. The maximum atomic E-state index is 13.0. The number of benzene rings is 1. The van der Waals surface area contributed by atoms with Crippen molar-refractivity contribution in [2.75, 3.05) is 5.32 Å². The van der Waals surface area contributed by atoms with Gasteiger partial charge in [0.05, 0.1) is 5.56 Å². The molecule has 0 bridgehead atoms. The van der Waals surface area contributed by atoms with Crippen LogP contribution < -0.4 is 10.9 Å². The highest BCUT2D eigenvalue weighted by molar-refractivity contribution is 6.42. The van der Waals surface area contributed by atoms with Crippen LogP contribution in [0.15, 0.2) is 57.5 Å². The zero-order chi connectivity index (χ0) is 21.8. The van der Waals surface area contributed by atoms with Gasteiger partial charge in [-0.25, -0.2) is 4.98 Å². The van der Waals surface area contributed by atoms with Crippen molar-refractivity contribution in [3.8, 4) is 5.75 Å². The third kappa shape index (κ3) is 4.35. The number of aromatic hydroxyl groups is 1. The van der Waals surface area contributed by atoms with Gasteiger partial charge in [-0.3, -0.25) is 9.36 Å². The Bertz CT molecular complexity index is 1200. The molecule has 0 saturated heterocycles. The normalized spacial score (nSPS) is 13.6. The van der Waals surface area contributed by atoms with Crippen LogP contribution in [0.25, 0.3) is 16.6 Å². The summed E-state index contributed by atoms with van der Waals surface area (Å²) in [5.74, 6) is 0.511. The number of rotatable bonds is 3. The Morgan fingerprint density at radius 3 is 2.53 bits per heavy atom. The SMILES string of the molecule is CC.Cn1c(=O)c(C2=C(Cl)CCC=C2Cl)cc2cnc(Nc3ccc(O)cc3)nc21. The molecule has 0 aliphatic heterocycles. The van der Waals surface area contributed by atoms with E-state index in [-0.39, 0.29) is 11.3 Å². The highest BCUT2D eigenvalue weighted by Gasteiger charge is 2.20. The van der Waals surface area contributed by atoms with E-state index in [1.54, 1.807) is 43.6 Å². The molecule has 0 fully saturated rings. The van der Waals surface area contributed by atoms with Crippen molar-refractivity contribution >= 4 is 51.4 Å². The lowest BCUT2D eigenvalue weighted by Crippen LogP contribution is -2.22. The van der Waals surface area contributed by atoms with E-state index in [9.17, 15) is 9.90 Å². The van der Waals surface area contributed by atoms with E-state index < -0.39 is 0 Å². The number of aromatic nitrogens is 3.